The van der Waals surface area contributed by atoms with Crippen molar-refractivity contribution < 1.29 is 9.90 Å². The number of hydrogen-bond acceptors (Lipinski definition) is 3. The molecule has 0 radical (unpaired) electrons. The van der Waals surface area contributed by atoms with E-state index in [9.17, 15) is 9.90 Å². The van der Waals surface area contributed by atoms with Gasteiger partial charge in [0.25, 0.3) is 0 Å². The second-order valence-corrected chi connectivity index (χ2v) is 5.96. The van der Waals surface area contributed by atoms with Crippen LogP contribution in [0.1, 0.15) is 33.3 Å². The predicted octanol–water partition coefficient (Wildman–Crippen LogP) is 2.07. The normalized spacial score (nSPS) is 12.3. The van der Waals surface area contributed by atoms with Gasteiger partial charge >= 0.3 is 0 Å². The number of anilines is 1. The summed E-state index contributed by atoms with van der Waals surface area (Å²) in [7, 11) is 0. The number of carbonyl (C=O) groups excluding carboxylic acids is 1. The molecule has 0 saturated heterocycles. The minimum atomic E-state index is -0.906. The van der Waals surface area contributed by atoms with Gasteiger partial charge in [-0.25, -0.2) is 0 Å². The first-order chi connectivity index (χ1) is 8.62. The zero-order chi connectivity index (χ0) is 14.7. The van der Waals surface area contributed by atoms with Crippen molar-refractivity contribution in [2.24, 2.45) is 0 Å². The van der Waals surface area contributed by atoms with E-state index in [1.807, 2.05) is 45.0 Å². The fourth-order valence-electron chi connectivity index (χ4n) is 1.45. The summed E-state index contributed by atoms with van der Waals surface area (Å²) in [6.07, 6.45) is 0. The molecule has 0 unspecified atom stereocenters. The molecule has 0 aliphatic heterocycles. The maximum atomic E-state index is 11.8. The molecular weight excluding hydrogens is 240 g/mol. The standard InChI is InChI=1S/C15H24N2O2/c1-11-7-6-8-12(9-11)17-13(18)10-16-14(2,3)15(4,5)19/h6-9,16,19H,10H2,1-5H3,(H,17,18). The number of benzene rings is 1. The van der Waals surface area contributed by atoms with Gasteiger partial charge in [0.1, 0.15) is 0 Å². The van der Waals surface area contributed by atoms with Gasteiger partial charge in [0, 0.05) is 11.2 Å². The van der Waals surface area contributed by atoms with Crippen molar-refractivity contribution in [2.75, 3.05) is 11.9 Å². The van der Waals surface area contributed by atoms with Crippen LogP contribution >= 0.6 is 0 Å². The zero-order valence-corrected chi connectivity index (χ0v) is 12.4. The van der Waals surface area contributed by atoms with Crippen LogP contribution in [0.3, 0.4) is 0 Å². The highest BCUT2D eigenvalue weighted by Crippen LogP contribution is 2.20. The molecule has 19 heavy (non-hydrogen) atoms. The average Bonchev–Trinajstić information content (AvgIpc) is 2.25. The molecule has 0 aromatic heterocycles. The van der Waals surface area contributed by atoms with E-state index >= 15 is 0 Å². The topological polar surface area (TPSA) is 61.4 Å². The van der Waals surface area contributed by atoms with E-state index in [2.05, 4.69) is 10.6 Å². The molecule has 0 fully saturated rings. The zero-order valence-electron chi connectivity index (χ0n) is 12.4. The summed E-state index contributed by atoms with van der Waals surface area (Å²) in [6.45, 7) is 9.31. The molecule has 0 atom stereocenters. The summed E-state index contributed by atoms with van der Waals surface area (Å²) in [5.41, 5.74) is 0.434. The summed E-state index contributed by atoms with van der Waals surface area (Å²) < 4.78 is 0. The lowest BCUT2D eigenvalue weighted by Gasteiger charge is -2.38. The molecule has 0 aliphatic rings. The maximum absolute atomic E-state index is 11.8. The first kappa shape index (κ1) is 15.7. The Morgan fingerprint density at radius 1 is 1.26 bits per heavy atom. The second kappa shape index (κ2) is 5.72. The lowest BCUT2D eigenvalue weighted by Crippen LogP contribution is -2.57. The van der Waals surface area contributed by atoms with Crippen LogP contribution in [0.25, 0.3) is 0 Å². The van der Waals surface area contributed by atoms with Crippen molar-refractivity contribution in [1.29, 1.82) is 0 Å². The second-order valence-electron chi connectivity index (χ2n) is 5.96. The van der Waals surface area contributed by atoms with Crippen LogP contribution in [0.15, 0.2) is 24.3 Å². The Balaban J connectivity index is 2.53. The summed E-state index contributed by atoms with van der Waals surface area (Å²) in [5.74, 6) is -0.122. The van der Waals surface area contributed by atoms with Gasteiger partial charge in [-0.3, -0.25) is 4.79 Å². The van der Waals surface area contributed by atoms with E-state index in [4.69, 9.17) is 0 Å². The van der Waals surface area contributed by atoms with E-state index in [0.29, 0.717) is 0 Å². The van der Waals surface area contributed by atoms with Crippen molar-refractivity contribution in [3.05, 3.63) is 29.8 Å². The summed E-state index contributed by atoms with van der Waals surface area (Å²) in [6, 6.07) is 7.65. The maximum Gasteiger partial charge on any atom is 0.238 e. The number of amides is 1. The Bertz CT molecular complexity index is 448. The van der Waals surface area contributed by atoms with Crippen LogP contribution in [-0.4, -0.2) is 28.7 Å². The molecule has 1 aromatic carbocycles. The van der Waals surface area contributed by atoms with E-state index in [1.165, 1.54) is 0 Å². The number of aryl methyl sites for hydroxylation is 1. The van der Waals surface area contributed by atoms with Crippen molar-refractivity contribution in [1.82, 2.24) is 5.32 Å². The van der Waals surface area contributed by atoms with E-state index in [0.717, 1.165) is 11.3 Å². The fraction of sp³-hybridized carbons (Fsp3) is 0.533. The third kappa shape index (κ3) is 4.65. The molecule has 0 heterocycles. The molecule has 4 nitrogen and oxygen atoms in total. The first-order valence-electron chi connectivity index (χ1n) is 6.46. The number of hydrogen-bond donors (Lipinski definition) is 3. The molecule has 1 amide bonds. The number of carbonyl (C=O) groups is 1. The lowest BCUT2D eigenvalue weighted by molar-refractivity contribution is -0.116. The first-order valence-corrected chi connectivity index (χ1v) is 6.46. The van der Waals surface area contributed by atoms with Crippen LogP contribution in [0.4, 0.5) is 5.69 Å². The minimum Gasteiger partial charge on any atom is -0.389 e. The Kier molecular flexibility index (Phi) is 4.71. The quantitative estimate of drug-likeness (QED) is 0.763. The van der Waals surface area contributed by atoms with Crippen LogP contribution in [0, 0.1) is 6.92 Å². The van der Waals surface area contributed by atoms with Gasteiger partial charge in [-0.15, -0.1) is 0 Å². The summed E-state index contributed by atoms with van der Waals surface area (Å²) in [4.78, 5) is 11.8. The van der Waals surface area contributed by atoms with Crippen LogP contribution < -0.4 is 10.6 Å². The van der Waals surface area contributed by atoms with Gasteiger partial charge in [0.15, 0.2) is 0 Å². The van der Waals surface area contributed by atoms with Gasteiger partial charge in [0.2, 0.25) is 5.91 Å². The van der Waals surface area contributed by atoms with Crippen LogP contribution in [-0.2, 0) is 4.79 Å². The van der Waals surface area contributed by atoms with E-state index in [1.54, 1.807) is 13.8 Å². The molecular formula is C15H24N2O2. The largest absolute Gasteiger partial charge is 0.389 e. The van der Waals surface area contributed by atoms with Crippen molar-refractivity contribution in [2.45, 2.75) is 45.8 Å². The molecule has 0 saturated carbocycles. The molecule has 1 rings (SSSR count). The van der Waals surface area contributed by atoms with Gasteiger partial charge in [-0.1, -0.05) is 12.1 Å². The highest BCUT2D eigenvalue weighted by atomic mass is 16.3. The molecule has 1 aromatic rings. The third-order valence-corrected chi connectivity index (χ3v) is 3.52. The van der Waals surface area contributed by atoms with Crippen molar-refractivity contribution in [3.8, 4) is 0 Å². The van der Waals surface area contributed by atoms with Crippen LogP contribution in [0.5, 0.6) is 0 Å². The lowest BCUT2D eigenvalue weighted by atomic mass is 9.86. The Labute approximate surface area is 115 Å². The van der Waals surface area contributed by atoms with E-state index in [-0.39, 0.29) is 12.5 Å². The van der Waals surface area contributed by atoms with Gasteiger partial charge in [-0.2, -0.15) is 0 Å². The fourth-order valence-corrected chi connectivity index (χ4v) is 1.45. The highest BCUT2D eigenvalue weighted by molar-refractivity contribution is 5.92. The minimum absolute atomic E-state index is 0.122. The molecule has 106 valence electrons. The van der Waals surface area contributed by atoms with Gasteiger partial charge in [-0.05, 0) is 52.3 Å². The number of rotatable bonds is 5. The average molecular weight is 264 g/mol. The smallest absolute Gasteiger partial charge is 0.238 e. The summed E-state index contributed by atoms with van der Waals surface area (Å²) in [5, 5.41) is 15.9. The highest BCUT2D eigenvalue weighted by Gasteiger charge is 2.34. The van der Waals surface area contributed by atoms with Crippen molar-refractivity contribution in [3.63, 3.8) is 0 Å². The Morgan fingerprint density at radius 2 is 1.89 bits per heavy atom. The molecule has 3 N–H and O–H groups in total. The monoisotopic (exact) mass is 264 g/mol. The van der Waals surface area contributed by atoms with E-state index < -0.39 is 11.1 Å². The number of nitrogens with one attached hydrogen (secondary N) is 2. The Morgan fingerprint density at radius 3 is 2.42 bits per heavy atom. The van der Waals surface area contributed by atoms with Crippen LogP contribution in [0.2, 0.25) is 0 Å². The SMILES string of the molecule is Cc1cccc(NC(=O)CNC(C)(C)C(C)(C)O)c1. The van der Waals surface area contributed by atoms with Gasteiger partial charge in [0.05, 0.1) is 12.1 Å². The third-order valence-electron chi connectivity index (χ3n) is 3.52. The number of aliphatic hydroxyl groups is 1. The molecule has 0 bridgehead atoms. The van der Waals surface area contributed by atoms with Gasteiger partial charge < -0.3 is 15.7 Å². The van der Waals surface area contributed by atoms with Crippen molar-refractivity contribution >= 4 is 11.6 Å². The predicted molar refractivity (Wildman–Crippen MR) is 78.2 cm³/mol. The summed E-state index contributed by atoms with van der Waals surface area (Å²) >= 11 is 0. The molecule has 0 spiro atoms. The molecule has 0 aliphatic carbocycles. The Hall–Kier alpha value is -1.39. The molecule has 4 heteroatoms.